The monoisotopic (exact) mass is 225 g/mol. The minimum Gasteiger partial charge on any atom is -0.316 e. The summed E-state index contributed by atoms with van der Waals surface area (Å²) in [4.78, 5) is 0. The lowest BCUT2D eigenvalue weighted by Crippen LogP contribution is -2.08. The number of halogens is 1. The zero-order valence-electron chi connectivity index (χ0n) is 5.37. The molecule has 48 valence electrons. The fraction of sp³-hybridized carbons (Fsp3) is 0.667. The predicted molar refractivity (Wildman–Crippen MR) is 46.6 cm³/mol. The van der Waals surface area contributed by atoms with Crippen molar-refractivity contribution >= 4 is 22.6 Å². The predicted octanol–water partition coefficient (Wildman–Crippen LogP) is 1.59. The van der Waals surface area contributed by atoms with E-state index in [1.807, 2.05) is 7.05 Å². The van der Waals surface area contributed by atoms with Crippen molar-refractivity contribution in [1.29, 1.82) is 0 Å². The molecule has 1 N–H and O–H groups in total. The van der Waals surface area contributed by atoms with Crippen molar-refractivity contribution in [3.63, 3.8) is 0 Å². The first-order valence-corrected chi connectivity index (χ1v) is 4.20. The molecule has 2 heteroatoms. The highest BCUT2D eigenvalue weighted by Gasteiger charge is 1.81. The quantitative estimate of drug-likeness (QED) is 0.437. The summed E-state index contributed by atoms with van der Waals surface area (Å²) < 4.78 is 1.12. The molecule has 1 nitrogen and oxygen atoms in total. The average Bonchev–Trinajstić information content (AvgIpc) is 1.68. The summed E-state index contributed by atoms with van der Waals surface area (Å²) >= 11 is 2.34. The molecule has 0 bridgehead atoms. The summed E-state index contributed by atoms with van der Waals surface area (Å²) in [7, 11) is 1.96. The highest BCUT2D eigenvalue weighted by atomic mass is 127. The Morgan fingerprint density at radius 1 is 1.75 bits per heavy atom. The van der Waals surface area contributed by atoms with Crippen LogP contribution in [0.5, 0.6) is 0 Å². The zero-order valence-corrected chi connectivity index (χ0v) is 7.53. The van der Waals surface area contributed by atoms with E-state index in [1.54, 1.807) is 0 Å². The molecule has 8 heavy (non-hydrogen) atoms. The Labute approximate surface area is 64.7 Å². The minimum atomic E-state index is 1.02. The van der Waals surface area contributed by atoms with Gasteiger partial charge in [0.15, 0.2) is 0 Å². The van der Waals surface area contributed by atoms with Crippen LogP contribution in [0, 0.1) is 0 Å². The Bertz CT molecular complexity index is 78.6. The van der Waals surface area contributed by atoms with Crippen LogP contribution in [0.1, 0.15) is 6.92 Å². The van der Waals surface area contributed by atoms with E-state index in [0.717, 1.165) is 11.0 Å². The van der Waals surface area contributed by atoms with Crippen LogP contribution in [0.3, 0.4) is 0 Å². The average molecular weight is 225 g/mol. The largest absolute Gasteiger partial charge is 0.316 e. The highest BCUT2D eigenvalue weighted by molar-refractivity contribution is 14.1. The molecule has 0 aromatic rings. The first-order valence-electron chi connectivity index (χ1n) is 2.67. The molecule has 0 spiro atoms. The van der Waals surface area contributed by atoms with Gasteiger partial charge in [0.05, 0.1) is 0 Å². The first-order chi connectivity index (χ1) is 3.81. The molecule has 0 aromatic carbocycles. The minimum absolute atomic E-state index is 1.02. The number of hydrogen-bond acceptors (Lipinski definition) is 1. The lowest BCUT2D eigenvalue weighted by atomic mass is 10.3. The number of allylic oxidation sites excluding steroid dienone is 1. The van der Waals surface area contributed by atoms with Gasteiger partial charge >= 0.3 is 0 Å². The molecule has 0 atom stereocenters. The van der Waals surface area contributed by atoms with Gasteiger partial charge in [0, 0.05) is 11.0 Å². The summed E-state index contributed by atoms with van der Waals surface area (Å²) in [5.74, 6) is 0. The van der Waals surface area contributed by atoms with Crippen molar-refractivity contribution in [3.05, 3.63) is 11.6 Å². The molecular weight excluding hydrogens is 213 g/mol. The molecule has 0 amide bonds. The second kappa shape index (κ2) is 5.56. The Morgan fingerprint density at radius 2 is 2.38 bits per heavy atom. The molecule has 0 aliphatic rings. The highest BCUT2D eigenvalue weighted by Crippen LogP contribution is 1.91. The number of nitrogens with one attached hydrogen (secondary N) is 1. The number of alkyl halides is 1. The van der Waals surface area contributed by atoms with Gasteiger partial charge in [-0.1, -0.05) is 34.2 Å². The van der Waals surface area contributed by atoms with Gasteiger partial charge in [0.25, 0.3) is 0 Å². The normalized spacial score (nSPS) is 12.1. The standard InChI is InChI=1S/C6H12IN/c1-6(3-4-7)5-8-2/h3,8H,4-5H2,1-2H3/b6-3-. The molecule has 0 saturated heterocycles. The topological polar surface area (TPSA) is 12.0 Å². The third-order valence-corrected chi connectivity index (χ3v) is 1.32. The van der Waals surface area contributed by atoms with Crippen LogP contribution < -0.4 is 5.32 Å². The summed E-state index contributed by atoms with van der Waals surface area (Å²) in [5.41, 5.74) is 1.42. The van der Waals surface area contributed by atoms with Gasteiger partial charge in [0.1, 0.15) is 0 Å². The van der Waals surface area contributed by atoms with Gasteiger partial charge in [-0.25, -0.2) is 0 Å². The van der Waals surface area contributed by atoms with Crippen molar-refractivity contribution in [1.82, 2.24) is 5.32 Å². The molecule has 0 radical (unpaired) electrons. The second-order valence-electron chi connectivity index (χ2n) is 1.74. The lowest BCUT2D eigenvalue weighted by Gasteiger charge is -1.95. The molecule has 0 unspecified atom stereocenters. The van der Waals surface area contributed by atoms with Crippen LogP contribution in [-0.4, -0.2) is 18.0 Å². The van der Waals surface area contributed by atoms with Crippen molar-refractivity contribution < 1.29 is 0 Å². The summed E-state index contributed by atoms with van der Waals surface area (Å²) in [6.45, 7) is 3.15. The van der Waals surface area contributed by atoms with Gasteiger partial charge in [-0.3, -0.25) is 0 Å². The van der Waals surface area contributed by atoms with E-state index < -0.39 is 0 Å². The lowest BCUT2D eigenvalue weighted by molar-refractivity contribution is 0.879. The molecular formula is C6H12IN. The number of hydrogen-bond donors (Lipinski definition) is 1. The summed E-state index contributed by atoms with van der Waals surface area (Å²) in [6, 6.07) is 0. The van der Waals surface area contributed by atoms with Crippen molar-refractivity contribution in [2.45, 2.75) is 6.92 Å². The second-order valence-corrected chi connectivity index (χ2v) is 2.62. The van der Waals surface area contributed by atoms with Gasteiger partial charge in [-0.05, 0) is 14.0 Å². The van der Waals surface area contributed by atoms with Crippen LogP contribution in [0.15, 0.2) is 11.6 Å². The third-order valence-electron chi connectivity index (χ3n) is 0.881. The molecule has 0 saturated carbocycles. The van der Waals surface area contributed by atoms with Gasteiger partial charge in [-0.15, -0.1) is 0 Å². The molecule has 0 rings (SSSR count). The molecule has 0 heterocycles. The molecule has 0 aromatic heterocycles. The number of likely N-dealkylation sites (N-methyl/N-ethyl adjacent to an activating group) is 1. The van der Waals surface area contributed by atoms with E-state index in [0.29, 0.717) is 0 Å². The van der Waals surface area contributed by atoms with Crippen LogP contribution in [0.4, 0.5) is 0 Å². The van der Waals surface area contributed by atoms with Gasteiger partial charge in [0.2, 0.25) is 0 Å². The van der Waals surface area contributed by atoms with Crippen LogP contribution in [0.25, 0.3) is 0 Å². The van der Waals surface area contributed by atoms with Crippen LogP contribution >= 0.6 is 22.6 Å². The fourth-order valence-electron chi connectivity index (χ4n) is 0.483. The fourth-order valence-corrected chi connectivity index (χ4v) is 1.23. The number of rotatable bonds is 3. The maximum atomic E-state index is 3.08. The van der Waals surface area contributed by atoms with E-state index >= 15 is 0 Å². The van der Waals surface area contributed by atoms with E-state index in [4.69, 9.17) is 0 Å². The molecule has 0 aliphatic heterocycles. The van der Waals surface area contributed by atoms with Gasteiger partial charge in [-0.2, -0.15) is 0 Å². The Kier molecular flexibility index (Phi) is 5.86. The van der Waals surface area contributed by atoms with E-state index in [-0.39, 0.29) is 0 Å². The zero-order chi connectivity index (χ0) is 6.41. The molecule has 0 fully saturated rings. The Balaban J connectivity index is 3.29. The Hall–Kier alpha value is 0.430. The van der Waals surface area contributed by atoms with Crippen LogP contribution in [-0.2, 0) is 0 Å². The van der Waals surface area contributed by atoms with E-state index in [1.165, 1.54) is 5.57 Å². The van der Waals surface area contributed by atoms with Crippen molar-refractivity contribution in [2.24, 2.45) is 0 Å². The third kappa shape index (κ3) is 4.59. The van der Waals surface area contributed by atoms with Gasteiger partial charge < -0.3 is 5.32 Å². The summed E-state index contributed by atoms with van der Waals surface area (Å²) in [6.07, 6.45) is 2.22. The maximum Gasteiger partial charge on any atom is 0.0178 e. The summed E-state index contributed by atoms with van der Waals surface area (Å²) in [5, 5.41) is 3.08. The van der Waals surface area contributed by atoms with Crippen molar-refractivity contribution in [2.75, 3.05) is 18.0 Å². The first kappa shape index (κ1) is 8.43. The SMILES string of the molecule is CNC/C(C)=C\CI. The molecule has 0 aliphatic carbocycles. The van der Waals surface area contributed by atoms with Crippen LogP contribution in [0.2, 0.25) is 0 Å². The smallest absolute Gasteiger partial charge is 0.0178 e. The van der Waals surface area contributed by atoms with E-state index in [9.17, 15) is 0 Å². The maximum absolute atomic E-state index is 3.08. The Morgan fingerprint density at radius 3 is 2.75 bits per heavy atom. The van der Waals surface area contributed by atoms with Crippen molar-refractivity contribution in [3.8, 4) is 0 Å². The van der Waals surface area contributed by atoms with E-state index in [2.05, 4.69) is 40.9 Å².